The first-order valence-electron chi connectivity index (χ1n) is 3.10. The minimum atomic E-state index is -0.595. The van der Waals surface area contributed by atoms with Crippen LogP contribution in [0.15, 0.2) is 12.1 Å². The van der Waals surface area contributed by atoms with Crippen LogP contribution in [0.2, 0.25) is 0 Å². The number of anilines is 1. The molecule has 6 nitrogen and oxygen atoms in total. The summed E-state index contributed by atoms with van der Waals surface area (Å²) >= 11 is 0. The first-order chi connectivity index (χ1) is 5.65. The topological polar surface area (TPSA) is 91.3 Å². The molecule has 0 aliphatic heterocycles. The number of rotatable bonds is 2. The minimum Gasteiger partial charge on any atom is -0.481 e. The third-order valence-electron chi connectivity index (χ3n) is 1.28. The number of nitrogen functional groups attached to an aromatic ring is 1. The van der Waals surface area contributed by atoms with Crippen molar-refractivity contribution >= 4 is 41.1 Å². The van der Waals surface area contributed by atoms with E-state index in [1.54, 1.807) is 0 Å². The maximum Gasteiger partial charge on any atom is 0.311 e. The third kappa shape index (κ3) is 2.83. The van der Waals surface area contributed by atoms with Crippen molar-refractivity contribution in [3.05, 3.63) is 22.2 Å². The molecule has 0 spiro atoms. The molecule has 0 aliphatic rings. The molecule has 1 aromatic rings. The van der Waals surface area contributed by atoms with Gasteiger partial charge in [-0.25, -0.2) is 0 Å². The first-order valence-corrected chi connectivity index (χ1v) is 3.10. The molecule has 2 N–H and O–H groups in total. The number of nitro groups is 1. The van der Waals surface area contributed by atoms with Crippen LogP contribution in [0.25, 0.3) is 0 Å². The maximum atomic E-state index is 10.3. The summed E-state index contributed by atoms with van der Waals surface area (Å²) in [5, 5.41) is 10.3. The summed E-state index contributed by atoms with van der Waals surface area (Å²) in [5.74, 6) is 0.123. The van der Waals surface area contributed by atoms with E-state index in [9.17, 15) is 10.1 Å². The van der Waals surface area contributed by atoms with Crippen molar-refractivity contribution in [1.29, 1.82) is 0 Å². The summed E-state index contributed by atoms with van der Waals surface area (Å²) in [7, 11) is 1.41. The Morgan fingerprint density at radius 1 is 1.62 bits per heavy atom. The van der Waals surface area contributed by atoms with Crippen LogP contribution in [0.1, 0.15) is 0 Å². The number of pyridine rings is 1. The van der Waals surface area contributed by atoms with Gasteiger partial charge in [-0.05, 0) is 0 Å². The van der Waals surface area contributed by atoms with Crippen LogP contribution in [-0.4, -0.2) is 46.6 Å². The molecule has 0 aliphatic carbocycles. The van der Waals surface area contributed by atoms with Gasteiger partial charge in [-0.1, -0.05) is 0 Å². The summed E-state index contributed by atoms with van der Waals surface area (Å²) in [4.78, 5) is 13.3. The van der Waals surface area contributed by atoms with E-state index in [4.69, 9.17) is 10.5 Å². The average Bonchev–Trinajstić information content (AvgIpc) is 2.03. The minimum absolute atomic E-state index is 0. The standard InChI is InChI=1S/C6H7N3O3.Na/c1-12-5-3-2-4(9(10)11)6(7)8-5;/h2-3H,1H3,(H2,7,8);. The number of hydrogen-bond acceptors (Lipinski definition) is 5. The summed E-state index contributed by atoms with van der Waals surface area (Å²) in [5.41, 5.74) is 5.05. The number of nitrogens with zero attached hydrogens (tertiary/aromatic N) is 2. The molecule has 0 saturated heterocycles. The third-order valence-corrected chi connectivity index (χ3v) is 1.28. The summed E-state index contributed by atoms with van der Waals surface area (Å²) in [6, 6.07) is 2.63. The molecule has 0 aromatic carbocycles. The van der Waals surface area contributed by atoms with Gasteiger partial charge in [-0.15, -0.1) is 0 Å². The molecule has 0 atom stereocenters. The molecular weight excluding hydrogens is 185 g/mol. The fourth-order valence-corrected chi connectivity index (χ4v) is 0.717. The number of methoxy groups -OCH3 is 1. The first kappa shape index (κ1) is 12.2. The Morgan fingerprint density at radius 2 is 2.23 bits per heavy atom. The molecule has 7 heteroatoms. The monoisotopic (exact) mass is 192 g/mol. The van der Waals surface area contributed by atoms with Gasteiger partial charge < -0.3 is 10.5 Å². The quantitative estimate of drug-likeness (QED) is 0.410. The molecule has 0 bridgehead atoms. The molecule has 1 rings (SSSR count). The van der Waals surface area contributed by atoms with Gasteiger partial charge in [0, 0.05) is 41.7 Å². The van der Waals surface area contributed by atoms with Gasteiger partial charge in [-0.3, -0.25) is 10.1 Å². The van der Waals surface area contributed by atoms with Crippen LogP contribution < -0.4 is 10.5 Å². The van der Waals surface area contributed by atoms with Crippen molar-refractivity contribution in [3.63, 3.8) is 0 Å². The second-order valence-corrected chi connectivity index (χ2v) is 2.02. The normalized spacial score (nSPS) is 8.69. The van der Waals surface area contributed by atoms with E-state index in [1.807, 2.05) is 0 Å². The molecule has 65 valence electrons. The van der Waals surface area contributed by atoms with Crippen molar-refractivity contribution in [1.82, 2.24) is 4.98 Å². The molecule has 0 fully saturated rings. The van der Waals surface area contributed by atoms with Crippen molar-refractivity contribution in [2.45, 2.75) is 0 Å². The van der Waals surface area contributed by atoms with Gasteiger partial charge in [-0.2, -0.15) is 4.98 Å². The zero-order valence-corrected chi connectivity index (χ0v) is 9.35. The van der Waals surface area contributed by atoms with E-state index in [-0.39, 0.29) is 46.9 Å². The predicted octanol–water partition coefficient (Wildman–Crippen LogP) is 0.200. The Balaban J connectivity index is 0.00000144. The fourth-order valence-electron chi connectivity index (χ4n) is 0.717. The molecule has 1 radical (unpaired) electrons. The molecule has 0 saturated carbocycles. The maximum absolute atomic E-state index is 10.3. The Hall–Kier alpha value is -0.850. The van der Waals surface area contributed by atoms with Gasteiger partial charge in [0.05, 0.1) is 12.0 Å². The summed E-state index contributed by atoms with van der Waals surface area (Å²) < 4.78 is 4.72. The van der Waals surface area contributed by atoms with Crippen molar-refractivity contribution in [2.75, 3.05) is 12.8 Å². The van der Waals surface area contributed by atoms with Gasteiger partial charge in [0.1, 0.15) is 0 Å². The van der Waals surface area contributed by atoms with E-state index < -0.39 is 4.92 Å². The van der Waals surface area contributed by atoms with Gasteiger partial charge in [0.2, 0.25) is 11.7 Å². The van der Waals surface area contributed by atoms with Crippen LogP contribution in [0.4, 0.5) is 11.5 Å². The van der Waals surface area contributed by atoms with Crippen LogP contribution in [-0.2, 0) is 0 Å². The van der Waals surface area contributed by atoms with Crippen LogP contribution in [0, 0.1) is 10.1 Å². The number of nitrogens with two attached hydrogens (primary N) is 1. The van der Waals surface area contributed by atoms with Gasteiger partial charge in [0.25, 0.3) is 0 Å². The number of ether oxygens (including phenoxy) is 1. The van der Waals surface area contributed by atoms with E-state index >= 15 is 0 Å². The Morgan fingerprint density at radius 3 is 2.62 bits per heavy atom. The molecular formula is C6H7N3NaO3. The second kappa shape index (κ2) is 5.00. The van der Waals surface area contributed by atoms with Crippen molar-refractivity contribution in [2.24, 2.45) is 0 Å². The summed E-state index contributed by atoms with van der Waals surface area (Å²) in [6.07, 6.45) is 0. The van der Waals surface area contributed by atoms with Crippen LogP contribution in [0.5, 0.6) is 5.88 Å². The van der Waals surface area contributed by atoms with E-state index in [1.165, 1.54) is 19.2 Å². The molecule has 0 amide bonds. The smallest absolute Gasteiger partial charge is 0.311 e. The average molecular weight is 192 g/mol. The molecule has 0 unspecified atom stereocenters. The van der Waals surface area contributed by atoms with Crippen molar-refractivity contribution in [3.8, 4) is 5.88 Å². The Kier molecular flexibility index (Phi) is 4.68. The van der Waals surface area contributed by atoms with Crippen LogP contribution in [0.3, 0.4) is 0 Å². The molecule has 1 aromatic heterocycles. The zero-order valence-electron chi connectivity index (χ0n) is 7.35. The second-order valence-electron chi connectivity index (χ2n) is 2.02. The van der Waals surface area contributed by atoms with E-state index in [0.717, 1.165) is 0 Å². The zero-order chi connectivity index (χ0) is 9.14. The van der Waals surface area contributed by atoms with Gasteiger partial charge in [0.15, 0.2) is 0 Å². The van der Waals surface area contributed by atoms with E-state index in [0.29, 0.717) is 0 Å². The summed E-state index contributed by atoms with van der Waals surface area (Å²) in [6.45, 7) is 0. The fraction of sp³-hybridized carbons (Fsp3) is 0.167. The van der Waals surface area contributed by atoms with Gasteiger partial charge >= 0.3 is 5.69 Å². The SMILES string of the molecule is COc1ccc([N+](=O)[O-])c(N)n1.[Na]. The van der Waals surface area contributed by atoms with Crippen molar-refractivity contribution < 1.29 is 9.66 Å². The van der Waals surface area contributed by atoms with E-state index in [2.05, 4.69) is 4.98 Å². The number of hydrogen-bond donors (Lipinski definition) is 1. The number of aromatic nitrogens is 1. The predicted molar refractivity (Wildman–Crippen MR) is 47.6 cm³/mol. The van der Waals surface area contributed by atoms with Crippen LogP contribution >= 0.6 is 0 Å². The Labute approximate surface area is 96.5 Å². The Bertz CT molecular complexity index is 318. The molecule has 1 heterocycles. The molecule has 13 heavy (non-hydrogen) atoms. The largest absolute Gasteiger partial charge is 0.481 e.